The van der Waals surface area contributed by atoms with Crippen LogP contribution in [0.1, 0.15) is 10.4 Å². The van der Waals surface area contributed by atoms with Gasteiger partial charge in [0.15, 0.2) is 0 Å². The monoisotopic (exact) mass is 243 g/mol. The number of rotatable bonds is 2. The van der Waals surface area contributed by atoms with E-state index in [0.717, 1.165) is 0 Å². The topological polar surface area (TPSA) is 38.3 Å². The van der Waals surface area contributed by atoms with Crippen LogP contribution in [0.25, 0.3) is 0 Å². The van der Waals surface area contributed by atoms with Crippen LogP contribution < -0.4 is 10.1 Å². The van der Waals surface area contributed by atoms with Crippen LogP contribution in [-0.4, -0.2) is 20.1 Å². The van der Waals surface area contributed by atoms with Crippen LogP contribution in [0, 0.1) is 0 Å². The van der Waals surface area contributed by atoms with E-state index < -0.39 is 0 Å². The van der Waals surface area contributed by atoms with Gasteiger partial charge in [0.2, 0.25) is 0 Å². The summed E-state index contributed by atoms with van der Waals surface area (Å²) >= 11 is 3.30. The Morgan fingerprint density at radius 2 is 2.23 bits per heavy atom. The number of hydrogen-bond acceptors (Lipinski definition) is 2. The van der Waals surface area contributed by atoms with E-state index in [1.165, 1.54) is 0 Å². The average molecular weight is 244 g/mol. The van der Waals surface area contributed by atoms with Gasteiger partial charge >= 0.3 is 0 Å². The summed E-state index contributed by atoms with van der Waals surface area (Å²) in [6, 6.07) is 5.29. The molecule has 0 spiro atoms. The third kappa shape index (κ3) is 2.01. The highest BCUT2D eigenvalue weighted by atomic mass is 79.9. The lowest BCUT2D eigenvalue weighted by Crippen LogP contribution is -2.18. The van der Waals surface area contributed by atoms with Crippen molar-refractivity contribution in [2.24, 2.45) is 0 Å². The van der Waals surface area contributed by atoms with Gasteiger partial charge in [-0.1, -0.05) is 6.07 Å². The molecule has 0 saturated heterocycles. The predicted octanol–water partition coefficient (Wildman–Crippen LogP) is 1.82. The fourth-order valence-electron chi connectivity index (χ4n) is 0.978. The highest BCUT2D eigenvalue weighted by molar-refractivity contribution is 9.10. The predicted molar refractivity (Wildman–Crippen MR) is 54.1 cm³/mol. The molecule has 3 nitrogen and oxygen atoms in total. The lowest BCUT2D eigenvalue weighted by atomic mass is 10.2. The summed E-state index contributed by atoms with van der Waals surface area (Å²) in [5, 5.41) is 2.55. The summed E-state index contributed by atoms with van der Waals surface area (Å²) in [6.45, 7) is 0. The summed E-state index contributed by atoms with van der Waals surface area (Å²) in [5.41, 5.74) is 0.571. The number of carbonyl (C=O) groups is 1. The molecule has 0 saturated carbocycles. The molecule has 4 heteroatoms. The fourth-order valence-corrected chi connectivity index (χ4v) is 1.58. The molecule has 13 heavy (non-hydrogen) atoms. The van der Waals surface area contributed by atoms with Crippen LogP contribution in [0.3, 0.4) is 0 Å². The molecule has 70 valence electrons. The van der Waals surface area contributed by atoms with Gasteiger partial charge < -0.3 is 10.1 Å². The summed E-state index contributed by atoms with van der Waals surface area (Å²) in [6.07, 6.45) is 0. The number of hydrogen-bond donors (Lipinski definition) is 1. The van der Waals surface area contributed by atoms with Gasteiger partial charge in [0.25, 0.3) is 5.91 Å². The summed E-state index contributed by atoms with van der Waals surface area (Å²) in [7, 11) is 3.15. The number of carbonyl (C=O) groups excluding carboxylic acids is 1. The van der Waals surface area contributed by atoms with Crippen molar-refractivity contribution in [2.75, 3.05) is 14.2 Å². The normalized spacial score (nSPS) is 9.46. The summed E-state index contributed by atoms with van der Waals surface area (Å²) in [5.74, 6) is 0.520. The maximum atomic E-state index is 11.3. The maximum absolute atomic E-state index is 11.3. The highest BCUT2D eigenvalue weighted by Gasteiger charge is 2.11. The van der Waals surface area contributed by atoms with Crippen molar-refractivity contribution < 1.29 is 9.53 Å². The van der Waals surface area contributed by atoms with Crippen LogP contribution in [0.5, 0.6) is 5.75 Å². The van der Waals surface area contributed by atoms with Crippen LogP contribution in [0.15, 0.2) is 22.7 Å². The first-order chi connectivity index (χ1) is 6.20. The zero-order chi connectivity index (χ0) is 9.84. The van der Waals surface area contributed by atoms with Gasteiger partial charge in [-0.15, -0.1) is 0 Å². The summed E-state index contributed by atoms with van der Waals surface area (Å²) < 4.78 is 5.73. The van der Waals surface area contributed by atoms with E-state index >= 15 is 0 Å². The van der Waals surface area contributed by atoms with Gasteiger partial charge in [-0.05, 0) is 28.1 Å². The van der Waals surface area contributed by atoms with Crippen LogP contribution in [0.4, 0.5) is 0 Å². The highest BCUT2D eigenvalue weighted by Crippen LogP contribution is 2.27. The molecule has 0 unspecified atom stereocenters. The number of benzene rings is 1. The van der Waals surface area contributed by atoms with E-state index in [-0.39, 0.29) is 5.91 Å². The van der Waals surface area contributed by atoms with E-state index in [0.29, 0.717) is 15.8 Å². The van der Waals surface area contributed by atoms with Gasteiger partial charge in [-0.25, -0.2) is 0 Å². The van der Waals surface area contributed by atoms with Crippen LogP contribution >= 0.6 is 15.9 Å². The molecule has 0 aliphatic heterocycles. The minimum atomic E-state index is -0.134. The second kappa shape index (κ2) is 4.28. The molecule has 0 aliphatic carbocycles. The second-order valence-electron chi connectivity index (χ2n) is 2.40. The van der Waals surface area contributed by atoms with E-state index in [1.54, 1.807) is 32.4 Å². The van der Waals surface area contributed by atoms with Gasteiger partial charge in [-0.2, -0.15) is 0 Å². The van der Waals surface area contributed by atoms with Crippen molar-refractivity contribution in [1.29, 1.82) is 0 Å². The van der Waals surface area contributed by atoms with Crippen molar-refractivity contribution in [3.63, 3.8) is 0 Å². The van der Waals surface area contributed by atoms with Crippen molar-refractivity contribution in [2.45, 2.75) is 0 Å². The Balaban J connectivity index is 3.15. The molecule has 1 N–H and O–H groups in total. The van der Waals surface area contributed by atoms with E-state index in [4.69, 9.17) is 4.74 Å². The lowest BCUT2D eigenvalue weighted by molar-refractivity contribution is 0.0962. The van der Waals surface area contributed by atoms with Crippen molar-refractivity contribution in [1.82, 2.24) is 5.32 Å². The first-order valence-corrected chi connectivity index (χ1v) is 4.54. The standard InChI is InChI=1S/C9H10BrNO2/c1-11-9(12)6-4-3-5-7(13-2)8(6)10/h3-5H,1-2H3,(H,11,12). The molecule has 0 atom stereocenters. The number of methoxy groups -OCH3 is 1. The Hall–Kier alpha value is -1.03. The van der Waals surface area contributed by atoms with Crippen LogP contribution in [-0.2, 0) is 0 Å². The van der Waals surface area contributed by atoms with Gasteiger partial charge in [0.1, 0.15) is 5.75 Å². The number of ether oxygens (including phenoxy) is 1. The number of nitrogens with one attached hydrogen (secondary N) is 1. The minimum absolute atomic E-state index is 0.134. The maximum Gasteiger partial charge on any atom is 0.252 e. The molecule has 1 aromatic rings. The van der Waals surface area contributed by atoms with Gasteiger partial charge in [0.05, 0.1) is 17.1 Å². The first kappa shape index (κ1) is 10.1. The zero-order valence-corrected chi connectivity index (χ0v) is 9.01. The Labute approximate surface area is 85.2 Å². The van der Waals surface area contributed by atoms with E-state index in [2.05, 4.69) is 21.2 Å². The van der Waals surface area contributed by atoms with Crippen LogP contribution in [0.2, 0.25) is 0 Å². The Kier molecular flexibility index (Phi) is 3.31. The molecule has 0 bridgehead atoms. The second-order valence-corrected chi connectivity index (χ2v) is 3.19. The largest absolute Gasteiger partial charge is 0.496 e. The number of halogens is 1. The van der Waals surface area contributed by atoms with Crippen molar-refractivity contribution in [3.05, 3.63) is 28.2 Å². The molecule has 0 aliphatic rings. The van der Waals surface area contributed by atoms with E-state index in [1.807, 2.05) is 0 Å². The molecule has 0 radical (unpaired) electrons. The molecule has 1 amide bonds. The minimum Gasteiger partial charge on any atom is -0.496 e. The third-order valence-corrected chi connectivity index (χ3v) is 2.47. The first-order valence-electron chi connectivity index (χ1n) is 3.75. The quantitative estimate of drug-likeness (QED) is 0.861. The van der Waals surface area contributed by atoms with E-state index in [9.17, 15) is 4.79 Å². The smallest absolute Gasteiger partial charge is 0.252 e. The molecule has 1 rings (SSSR count). The zero-order valence-electron chi connectivity index (χ0n) is 7.43. The average Bonchev–Trinajstić information content (AvgIpc) is 2.17. The summed E-state index contributed by atoms with van der Waals surface area (Å²) in [4.78, 5) is 11.3. The fraction of sp³-hybridized carbons (Fsp3) is 0.222. The van der Waals surface area contributed by atoms with Crippen molar-refractivity contribution in [3.8, 4) is 5.75 Å². The third-order valence-electron chi connectivity index (χ3n) is 1.65. The van der Waals surface area contributed by atoms with Crippen molar-refractivity contribution >= 4 is 21.8 Å². The van der Waals surface area contributed by atoms with Gasteiger partial charge in [-0.3, -0.25) is 4.79 Å². The molecule has 0 fully saturated rings. The molecule has 0 aromatic heterocycles. The Morgan fingerprint density at radius 1 is 1.54 bits per heavy atom. The Bertz CT molecular complexity index is 325. The van der Waals surface area contributed by atoms with Gasteiger partial charge in [0, 0.05) is 7.05 Å². The SMILES string of the molecule is CNC(=O)c1cccc(OC)c1Br. The molecule has 1 aromatic carbocycles. The molecular weight excluding hydrogens is 234 g/mol. The molecular formula is C9H10BrNO2. The Morgan fingerprint density at radius 3 is 2.77 bits per heavy atom. The lowest BCUT2D eigenvalue weighted by Gasteiger charge is -2.06. The number of amides is 1. The molecule has 0 heterocycles.